The lowest BCUT2D eigenvalue weighted by Gasteiger charge is -2.50. The number of rotatable bonds is 3. The van der Waals surface area contributed by atoms with Crippen LogP contribution in [-0.4, -0.2) is 49.7 Å². The topological polar surface area (TPSA) is 32.8 Å². The zero-order chi connectivity index (χ0) is 23.4. The van der Waals surface area contributed by atoms with Gasteiger partial charge >= 0.3 is 12.1 Å². The van der Waals surface area contributed by atoms with Gasteiger partial charge in [0, 0.05) is 44.3 Å². The molecular weight excluding hydrogens is 429 g/mol. The van der Waals surface area contributed by atoms with Crippen LogP contribution in [0.2, 0.25) is 0 Å². The Kier molecular flexibility index (Phi) is 5.74. The first-order valence-corrected chi connectivity index (χ1v) is 12.2. The van der Waals surface area contributed by atoms with Crippen LogP contribution < -0.4 is 4.90 Å². The van der Waals surface area contributed by atoms with E-state index in [1.165, 1.54) is 30.5 Å². The van der Waals surface area contributed by atoms with Crippen molar-refractivity contribution in [2.24, 2.45) is 23.2 Å². The Morgan fingerprint density at radius 1 is 1.21 bits per heavy atom. The van der Waals surface area contributed by atoms with Crippen LogP contribution in [0, 0.1) is 23.2 Å². The van der Waals surface area contributed by atoms with Gasteiger partial charge in [-0.25, -0.2) is 0 Å². The first kappa shape index (κ1) is 22.8. The summed E-state index contributed by atoms with van der Waals surface area (Å²) in [4.78, 5) is 17.1. The average Bonchev–Trinajstić information content (AvgIpc) is 3.06. The van der Waals surface area contributed by atoms with Gasteiger partial charge in [-0.1, -0.05) is 25.1 Å². The molecule has 2 aliphatic carbocycles. The highest BCUT2D eigenvalue weighted by Gasteiger charge is 2.55. The molecule has 2 saturated carbocycles. The maximum absolute atomic E-state index is 13.1. The Labute approximate surface area is 193 Å². The van der Waals surface area contributed by atoms with Crippen LogP contribution in [0.5, 0.6) is 0 Å². The van der Waals surface area contributed by atoms with Crippen LogP contribution in [0.4, 0.5) is 18.9 Å². The van der Waals surface area contributed by atoms with Crippen LogP contribution in [0.3, 0.4) is 0 Å². The normalized spacial score (nSPS) is 35.2. The van der Waals surface area contributed by atoms with Crippen molar-refractivity contribution in [2.75, 3.05) is 37.6 Å². The van der Waals surface area contributed by atoms with Gasteiger partial charge in [-0.2, -0.15) is 13.2 Å². The maximum Gasteiger partial charge on any atom is 0.416 e. The molecule has 0 unspecified atom stereocenters. The summed E-state index contributed by atoms with van der Waals surface area (Å²) in [6.45, 7) is 10.1. The van der Waals surface area contributed by atoms with Crippen molar-refractivity contribution in [3.05, 3.63) is 42.0 Å². The minimum atomic E-state index is -4.34. The summed E-state index contributed by atoms with van der Waals surface area (Å²) in [5.41, 5.74) is 1.53. The Morgan fingerprint density at radius 3 is 2.70 bits per heavy atom. The number of nitrogens with zero attached hydrogens (tertiary/aromatic N) is 2. The van der Waals surface area contributed by atoms with Crippen LogP contribution >= 0.6 is 0 Å². The molecule has 180 valence electrons. The number of carbonyl (C=O) groups excluding carboxylic acids is 1. The second kappa shape index (κ2) is 8.33. The molecule has 1 aromatic carbocycles. The minimum Gasteiger partial charge on any atom is -0.462 e. The van der Waals surface area contributed by atoms with Crippen LogP contribution in [-0.2, 0) is 15.7 Å². The van der Waals surface area contributed by atoms with E-state index in [2.05, 4.69) is 18.4 Å². The summed E-state index contributed by atoms with van der Waals surface area (Å²) < 4.78 is 45.1. The number of fused-ring (bicyclic) bond motifs is 2. The number of ether oxygens (including phenoxy) is 1. The number of carbonyl (C=O) groups is 1. The fourth-order valence-electron chi connectivity index (χ4n) is 6.81. The SMILES string of the molecule is C=C1CCC[C@]2(C)C[C@H]3OC(=O)[C@@H](CN4CCN(c5cccc(C(F)(F)F)c5)CC4)[C@@H]3C[C@H]12. The molecule has 0 radical (unpaired) electrons. The molecular formula is C26H33F3N2O2. The van der Waals surface area contributed by atoms with Crippen LogP contribution in [0.25, 0.3) is 0 Å². The molecule has 2 saturated heterocycles. The Bertz CT molecular complexity index is 924. The van der Waals surface area contributed by atoms with Gasteiger partial charge in [0.25, 0.3) is 0 Å². The molecule has 7 heteroatoms. The number of hydrogen-bond donors (Lipinski definition) is 0. The lowest BCUT2D eigenvalue weighted by molar-refractivity contribution is -0.146. The molecule has 4 aliphatic rings. The van der Waals surface area contributed by atoms with Gasteiger partial charge in [-0.15, -0.1) is 0 Å². The summed E-state index contributed by atoms with van der Waals surface area (Å²) in [7, 11) is 0. The second-order valence-corrected chi connectivity index (χ2v) is 10.7. The third kappa shape index (κ3) is 4.29. The molecule has 5 atom stereocenters. The van der Waals surface area contributed by atoms with Gasteiger partial charge in [0.1, 0.15) is 6.10 Å². The quantitative estimate of drug-likeness (QED) is 0.460. The molecule has 2 heterocycles. The van der Waals surface area contributed by atoms with Gasteiger partial charge < -0.3 is 9.64 Å². The lowest BCUT2D eigenvalue weighted by Crippen LogP contribution is -2.50. The number of halogens is 3. The maximum atomic E-state index is 13.1. The van der Waals surface area contributed by atoms with Crippen molar-refractivity contribution in [1.82, 2.24) is 4.90 Å². The number of alkyl halides is 3. The average molecular weight is 463 g/mol. The van der Waals surface area contributed by atoms with E-state index in [1.807, 2.05) is 4.90 Å². The number of anilines is 1. The predicted octanol–water partition coefficient (Wildman–Crippen LogP) is 5.14. The van der Waals surface area contributed by atoms with E-state index in [9.17, 15) is 18.0 Å². The zero-order valence-electron chi connectivity index (χ0n) is 19.2. The number of benzene rings is 1. The third-order valence-electron chi connectivity index (χ3n) is 8.69. The highest BCUT2D eigenvalue weighted by molar-refractivity contribution is 5.75. The Hall–Kier alpha value is -2.02. The largest absolute Gasteiger partial charge is 0.462 e. The standard InChI is InChI=1S/C26H33F3N2O2/c1-17-5-4-8-25(2)15-23-20(14-22(17)25)21(24(32)33-23)16-30-9-11-31(12-10-30)19-7-3-6-18(13-19)26(27,28)29/h3,6-7,13,20-23H,1,4-5,8-12,14-16H2,2H3/t20-,21-,22+,23+,25+/m0/s1. The Morgan fingerprint density at radius 2 is 1.97 bits per heavy atom. The summed E-state index contributed by atoms with van der Waals surface area (Å²) in [5.74, 6) is 0.529. The molecule has 2 aliphatic heterocycles. The number of esters is 1. The summed E-state index contributed by atoms with van der Waals surface area (Å²) in [5, 5.41) is 0. The van der Waals surface area contributed by atoms with Crippen molar-refractivity contribution < 1.29 is 22.7 Å². The molecule has 0 bridgehead atoms. The number of hydrogen-bond acceptors (Lipinski definition) is 4. The predicted molar refractivity (Wildman–Crippen MR) is 121 cm³/mol. The van der Waals surface area contributed by atoms with E-state index < -0.39 is 11.7 Å². The number of allylic oxidation sites excluding steroid dienone is 1. The van der Waals surface area contributed by atoms with E-state index in [-0.39, 0.29) is 29.3 Å². The highest BCUT2D eigenvalue weighted by Crippen LogP contribution is 2.57. The lowest BCUT2D eigenvalue weighted by atomic mass is 9.55. The van der Waals surface area contributed by atoms with E-state index in [1.54, 1.807) is 6.07 Å². The van der Waals surface area contributed by atoms with E-state index in [4.69, 9.17) is 4.74 Å². The van der Waals surface area contributed by atoms with Crippen molar-refractivity contribution in [3.8, 4) is 0 Å². The molecule has 0 spiro atoms. The smallest absolute Gasteiger partial charge is 0.416 e. The minimum absolute atomic E-state index is 0.0149. The van der Waals surface area contributed by atoms with Gasteiger partial charge in [0.05, 0.1) is 11.5 Å². The second-order valence-electron chi connectivity index (χ2n) is 10.7. The first-order valence-electron chi connectivity index (χ1n) is 12.2. The number of piperazine rings is 1. The molecule has 0 aromatic heterocycles. The molecule has 33 heavy (non-hydrogen) atoms. The van der Waals surface area contributed by atoms with Crippen LogP contribution in [0.1, 0.15) is 44.6 Å². The van der Waals surface area contributed by atoms with Gasteiger partial charge in [-0.05, 0) is 61.6 Å². The van der Waals surface area contributed by atoms with Gasteiger partial charge in [0.15, 0.2) is 0 Å². The summed E-state index contributed by atoms with van der Waals surface area (Å²) in [6, 6.07) is 5.54. The van der Waals surface area contributed by atoms with Crippen molar-refractivity contribution >= 4 is 11.7 Å². The molecule has 0 N–H and O–H groups in total. The fourth-order valence-corrected chi connectivity index (χ4v) is 6.81. The molecule has 1 aromatic rings. The molecule has 4 fully saturated rings. The fraction of sp³-hybridized carbons (Fsp3) is 0.654. The van der Waals surface area contributed by atoms with Crippen LogP contribution in [0.15, 0.2) is 36.4 Å². The first-order chi connectivity index (χ1) is 15.6. The molecule has 0 amide bonds. The monoisotopic (exact) mass is 462 g/mol. The van der Waals surface area contributed by atoms with E-state index in [0.717, 1.165) is 38.4 Å². The van der Waals surface area contributed by atoms with Crippen molar-refractivity contribution in [1.29, 1.82) is 0 Å². The van der Waals surface area contributed by atoms with E-state index >= 15 is 0 Å². The van der Waals surface area contributed by atoms with Gasteiger partial charge in [0.2, 0.25) is 0 Å². The van der Waals surface area contributed by atoms with Gasteiger partial charge in [-0.3, -0.25) is 9.69 Å². The highest BCUT2D eigenvalue weighted by atomic mass is 19.4. The molecule has 5 rings (SSSR count). The van der Waals surface area contributed by atoms with E-state index in [0.29, 0.717) is 31.2 Å². The summed E-state index contributed by atoms with van der Waals surface area (Å²) in [6.07, 6.45) is 1.05. The third-order valence-corrected chi connectivity index (χ3v) is 8.69. The summed E-state index contributed by atoms with van der Waals surface area (Å²) >= 11 is 0. The zero-order valence-corrected chi connectivity index (χ0v) is 19.2. The Balaban J connectivity index is 1.21. The van der Waals surface area contributed by atoms with Crippen molar-refractivity contribution in [3.63, 3.8) is 0 Å². The van der Waals surface area contributed by atoms with Crippen molar-refractivity contribution in [2.45, 2.75) is 51.3 Å². The molecule has 4 nitrogen and oxygen atoms in total.